The zero-order valence-corrected chi connectivity index (χ0v) is 15.6. The first-order valence-corrected chi connectivity index (χ1v) is 8.50. The van der Waals surface area contributed by atoms with Crippen LogP contribution in [0.1, 0.15) is 43.4 Å². The number of rotatable bonds is 5. The fourth-order valence-corrected chi connectivity index (χ4v) is 2.63. The Balaban J connectivity index is 2.13. The molecule has 2 aromatic rings. The molecule has 1 N–H and O–H groups in total. The Hall–Kier alpha value is -2.00. The lowest BCUT2D eigenvalue weighted by atomic mass is 9.98. The van der Waals surface area contributed by atoms with Crippen LogP contribution in [-0.4, -0.2) is 12.0 Å². The maximum absolute atomic E-state index is 12.5. The molecule has 0 radical (unpaired) electrons. The van der Waals surface area contributed by atoms with E-state index in [-0.39, 0.29) is 5.91 Å². The van der Waals surface area contributed by atoms with Crippen molar-refractivity contribution < 1.29 is 9.53 Å². The predicted octanol–water partition coefficient (Wildman–Crippen LogP) is 5.49. The number of hydrogen-bond acceptors (Lipinski definition) is 2. The van der Waals surface area contributed by atoms with E-state index in [0.717, 1.165) is 22.4 Å². The van der Waals surface area contributed by atoms with Crippen LogP contribution in [0, 0.1) is 13.8 Å². The number of carbonyl (C=O) groups excluding carboxylic acids is 1. The second-order valence-electron chi connectivity index (χ2n) is 6.35. The van der Waals surface area contributed by atoms with Gasteiger partial charge in [-0.05, 0) is 61.6 Å². The van der Waals surface area contributed by atoms with Gasteiger partial charge in [0.25, 0.3) is 5.91 Å². The number of ether oxygens (including phenoxy) is 1. The molecule has 1 atom stereocenters. The van der Waals surface area contributed by atoms with Gasteiger partial charge < -0.3 is 10.1 Å². The zero-order valence-electron chi connectivity index (χ0n) is 14.8. The molecular formula is C20H24ClNO2. The molecule has 4 heteroatoms. The largest absolute Gasteiger partial charge is 0.481 e. The van der Waals surface area contributed by atoms with Crippen molar-refractivity contribution >= 4 is 23.2 Å². The lowest BCUT2D eigenvalue weighted by Gasteiger charge is -2.19. The van der Waals surface area contributed by atoms with Crippen LogP contribution < -0.4 is 10.1 Å². The van der Waals surface area contributed by atoms with Crippen LogP contribution >= 0.6 is 11.6 Å². The van der Waals surface area contributed by atoms with E-state index >= 15 is 0 Å². The topological polar surface area (TPSA) is 38.3 Å². The summed E-state index contributed by atoms with van der Waals surface area (Å²) in [6.45, 7) is 9.87. The molecule has 0 spiro atoms. The van der Waals surface area contributed by atoms with E-state index in [1.54, 1.807) is 19.1 Å². The number of anilines is 1. The summed E-state index contributed by atoms with van der Waals surface area (Å²) in [5, 5.41) is 3.70. The van der Waals surface area contributed by atoms with Crippen molar-refractivity contribution in [3.8, 4) is 5.75 Å². The fraction of sp³-hybridized carbons (Fsp3) is 0.350. The Kier molecular flexibility index (Phi) is 5.89. The SMILES string of the molecule is Cc1cc(OC(C)C(=O)Nc2c(C)cccc2C(C)C)ccc1Cl. The highest BCUT2D eigenvalue weighted by Gasteiger charge is 2.18. The molecular weight excluding hydrogens is 322 g/mol. The van der Waals surface area contributed by atoms with Crippen LogP contribution in [-0.2, 0) is 4.79 Å². The summed E-state index contributed by atoms with van der Waals surface area (Å²) in [6.07, 6.45) is -0.606. The number of benzene rings is 2. The van der Waals surface area contributed by atoms with Crippen molar-refractivity contribution in [3.63, 3.8) is 0 Å². The number of nitrogens with one attached hydrogen (secondary N) is 1. The molecule has 128 valence electrons. The number of para-hydroxylation sites is 1. The van der Waals surface area contributed by atoms with Gasteiger partial charge in [-0.3, -0.25) is 4.79 Å². The van der Waals surface area contributed by atoms with Crippen LogP contribution in [0.2, 0.25) is 5.02 Å². The van der Waals surface area contributed by atoms with E-state index < -0.39 is 6.10 Å². The molecule has 2 aromatic carbocycles. The Bertz CT molecular complexity index is 740. The third-order valence-corrected chi connectivity index (χ3v) is 4.41. The molecule has 3 nitrogen and oxygen atoms in total. The number of halogens is 1. The van der Waals surface area contributed by atoms with Gasteiger partial charge in [0, 0.05) is 10.7 Å². The summed E-state index contributed by atoms with van der Waals surface area (Å²) in [6, 6.07) is 11.4. The maximum Gasteiger partial charge on any atom is 0.265 e. The van der Waals surface area contributed by atoms with Crippen LogP contribution in [0.4, 0.5) is 5.69 Å². The first-order valence-electron chi connectivity index (χ1n) is 8.12. The van der Waals surface area contributed by atoms with Gasteiger partial charge in [-0.1, -0.05) is 43.6 Å². The minimum atomic E-state index is -0.606. The second-order valence-corrected chi connectivity index (χ2v) is 6.76. The van der Waals surface area contributed by atoms with E-state index in [0.29, 0.717) is 16.7 Å². The highest BCUT2D eigenvalue weighted by atomic mass is 35.5. The molecule has 0 aliphatic carbocycles. The number of carbonyl (C=O) groups is 1. The van der Waals surface area contributed by atoms with Crippen molar-refractivity contribution in [2.75, 3.05) is 5.32 Å². The molecule has 0 heterocycles. The molecule has 1 amide bonds. The van der Waals surface area contributed by atoms with Gasteiger partial charge in [-0.2, -0.15) is 0 Å². The molecule has 0 fully saturated rings. The van der Waals surface area contributed by atoms with Crippen molar-refractivity contribution in [1.29, 1.82) is 0 Å². The Morgan fingerprint density at radius 3 is 2.42 bits per heavy atom. The van der Waals surface area contributed by atoms with Gasteiger partial charge in [0.15, 0.2) is 6.10 Å². The first-order chi connectivity index (χ1) is 11.3. The molecule has 0 aromatic heterocycles. The Labute approximate surface area is 149 Å². The van der Waals surface area contributed by atoms with Gasteiger partial charge in [-0.15, -0.1) is 0 Å². The molecule has 0 saturated carbocycles. The quantitative estimate of drug-likeness (QED) is 0.778. The molecule has 0 saturated heterocycles. The van der Waals surface area contributed by atoms with Crippen LogP contribution in [0.15, 0.2) is 36.4 Å². The highest BCUT2D eigenvalue weighted by Crippen LogP contribution is 2.28. The Morgan fingerprint density at radius 1 is 1.08 bits per heavy atom. The van der Waals surface area contributed by atoms with Crippen LogP contribution in [0.5, 0.6) is 5.75 Å². The van der Waals surface area contributed by atoms with Crippen molar-refractivity contribution in [1.82, 2.24) is 0 Å². The van der Waals surface area contributed by atoms with Gasteiger partial charge in [-0.25, -0.2) is 0 Å². The first kappa shape index (κ1) is 18.3. The van der Waals surface area contributed by atoms with Crippen molar-refractivity contribution in [2.24, 2.45) is 0 Å². The summed E-state index contributed by atoms with van der Waals surface area (Å²) in [7, 11) is 0. The molecule has 1 unspecified atom stereocenters. The highest BCUT2D eigenvalue weighted by molar-refractivity contribution is 6.31. The van der Waals surface area contributed by atoms with Crippen LogP contribution in [0.3, 0.4) is 0 Å². The van der Waals surface area contributed by atoms with E-state index in [9.17, 15) is 4.79 Å². The summed E-state index contributed by atoms with van der Waals surface area (Å²) in [4.78, 5) is 12.5. The lowest BCUT2D eigenvalue weighted by Crippen LogP contribution is -2.30. The van der Waals surface area contributed by atoms with E-state index in [4.69, 9.17) is 16.3 Å². The second kappa shape index (κ2) is 7.71. The predicted molar refractivity (Wildman–Crippen MR) is 100 cm³/mol. The number of amides is 1. The average Bonchev–Trinajstić information content (AvgIpc) is 2.52. The molecule has 0 aliphatic rings. The molecule has 0 aliphatic heterocycles. The van der Waals surface area contributed by atoms with Gasteiger partial charge in [0.2, 0.25) is 0 Å². The lowest BCUT2D eigenvalue weighted by molar-refractivity contribution is -0.122. The third-order valence-electron chi connectivity index (χ3n) is 3.99. The van der Waals surface area contributed by atoms with Gasteiger partial charge >= 0.3 is 0 Å². The maximum atomic E-state index is 12.5. The number of aryl methyl sites for hydroxylation is 2. The summed E-state index contributed by atoms with van der Waals surface area (Å²) < 4.78 is 5.75. The van der Waals surface area contributed by atoms with Crippen molar-refractivity contribution in [3.05, 3.63) is 58.1 Å². The number of hydrogen-bond donors (Lipinski definition) is 1. The van der Waals surface area contributed by atoms with Gasteiger partial charge in [0.05, 0.1) is 0 Å². The summed E-state index contributed by atoms with van der Waals surface area (Å²) in [5.41, 5.74) is 3.96. The molecule has 0 bridgehead atoms. The minimum absolute atomic E-state index is 0.168. The third kappa shape index (κ3) is 4.30. The summed E-state index contributed by atoms with van der Waals surface area (Å²) >= 11 is 6.02. The van der Waals surface area contributed by atoms with E-state index in [1.165, 1.54) is 0 Å². The van der Waals surface area contributed by atoms with Crippen LogP contribution in [0.25, 0.3) is 0 Å². The Morgan fingerprint density at radius 2 is 1.79 bits per heavy atom. The molecule has 2 rings (SSSR count). The van der Waals surface area contributed by atoms with Gasteiger partial charge in [0.1, 0.15) is 5.75 Å². The zero-order chi connectivity index (χ0) is 17.9. The smallest absolute Gasteiger partial charge is 0.265 e. The monoisotopic (exact) mass is 345 g/mol. The summed E-state index contributed by atoms with van der Waals surface area (Å²) in [5.74, 6) is 0.794. The minimum Gasteiger partial charge on any atom is -0.481 e. The van der Waals surface area contributed by atoms with E-state index in [2.05, 4.69) is 19.2 Å². The van der Waals surface area contributed by atoms with Crippen molar-refractivity contribution in [2.45, 2.75) is 46.6 Å². The van der Waals surface area contributed by atoms with E-state index in [1.807, 2.05) is 38.1 Å². The molecule has 24 heavy (non-hydrogen) atoms. The standard InChI is InChI=1S/C20H24ClNO2/c1-12(2)17-8-6-7-13(3)19(17)22-20(23)15(5)24-16-9-10-18(21)14(4)11-16/h6-12,15H,1-5H3,(H,22,23). The normalized spacial score (nSPS) is 12.1. The fourth-order valence-electron chi connectivity index (χ4n) is 2.52. The average molecular weight is 346 g/mol.